The van der Waals surface area contributed by atoms with Crippen LogP contribution >= 0.6 is 0 Å². The zero-order chi connectivity index (χ0) is 15.2. The Hall–Kier alpha value is -1.86. The van der Waals surface area contributed by atoms with Crippen LogP contribution in [0.2, 0.25) is 0 Å². The lowest BCUT2D eigenvalue weighted by Gasteiger charge is -2.29. The predicted molar refractivity (Wildman–Crippen MR) is 95.1 cm³/mol. The molecule has 1 nitrogen and oxygen atoms in total. The number of benzene rings is 2. The van der Waals surface area contributed by atoms with Gasteiger partial charge in [0, 0.05) is 13.1 Å². The quantitative estimate of drug-likeness (QED) is 0.768. The first-order valence-corrected chi connectivity index (χ1v) is 8.31. The van der Waals surface area contributed by atoms with Crippen molar-refractivity contribution in [2.75, 3.05) is 20.1 Å². The fourth-order valence-corrected chi connectivity index (χ4v) is 3.43. The third-order valence-electron chi connectivity index (χ3n) is 4.55. The van der Waals surface area contributed by atoms with Gasteiger partial charge in [0.2, 0.25) is 0 Å². The summed E-state index contributed by atoms with van der Waals surface area (Å²) in [7, 11) is 2.23. The molecule has 22 heavy (non-hydrogen) atoms. The van der Waals surface area contributed by atoms with Crippen molar-refractivity contribution >= 4 is 6.08 Å². The van der Waals surface area contributed by atoms with E-state index in [1.54, 1.807) is 11.1 Å². The van der Waals surface area contributed by atoms with Crippen molar-refractivity contribution in [3.63, 3.8) is 0 Å². The van der Waals surface area contributed by atoms with E-state index in [2.05, 4.69) is 78.7 Å². The van der Waals surface area contributed by atoms with Crippen LogP contribution in [0.5, 0.6) is 0 Å². The summed E-state index contributed by atoms with van der Waals surface area (Å²) >= 11 is 0. The summed E-state index contributed by atoms with van der Waals surface area (Å²) in [6.45, 7) is 2.16. The lowest BCUT2D eigenvalue weighted by atomic mass is 9.82. The van der Waals surface area contributed by atoms with Gasteiger partial charge in [0.05, 0.1) is 0 Å². The third kappa shape index (κ3) is 3.86. The van der Waals surface area contributed by atoms with Crippen molar-refractivity contribution in [2.24, 2.45) is 0 Å². The number of nitrogens with zero attached hydrogens (tertiary/aromatic N) is 1. The van der Waals surface area contributed by atoms with E-state index < -0.39 is 0 Å². The fourth-order valence-electron chi connectivity index (χ4n) is 3.43. The molecule has 3 rings (SSSR count). The molecule has 0 N–H and O–H groups in total. The molecule has 0 saturated carbocycles. The monoisotopic (exact) mass is 291 g/mol. The molecular formula is C21H25N. The van der Waals surface area contributed by atoms with Crippen LogP contribution in [0.25, 0.3) is 6.08 Å². The van der Waals surface area contributed by atoms with E-state index in [0.29, 0.717) is 5.92 Å². The molecule has 0 saturated heterocycles. The molecule has 1 unspecified atom stereocenters. The van der Waals surface area contributed by atoms with Crippen LogP contribution in [0.15, 0.2) is 60.7 Å². The predicted octanol–water partition coefficient (Wildman–Crippen LogP) is 4.75. The average molecular weight is 291 g/mol. The largest absolute Gasteiger partial charge is 0.302 e. The minimum Gasteiger partial charge on any atom is -0.302 e. The zero-order valence-electron chi connectivity index (χ0n) is 13.4. The molecule has 0 aliphatic heterocycles. The van der Waals surface area contributed by atoms with Gasteiger partial charge >= 0.3 is 0 Å². The Morgan fingerprint density at radius 2 is 1.82 bits per heavy atom. The smallest absolute Gasteiger partial charge is 0.0163 e. The van der Waals surface area contributed by atoms with Gasteiger partial charge in [-0.3, -0.25) is 0 Å². The van der Waals surface area contributed by atoms with Gasteiger partial charge in [-0.2, -0.15) is 0 Å². The topological polar surface area (TPSA) is 3.24 Å². The van der Waals surface area contributed by atoms with Crippen LogP contribution in [0.3, 0.4) is 0 Å². The van der Waals surface area contributed by atoms with Crippen LogP contribution < -0.4 is 0 Å². The van der Waals surface area contributed by atoms with Crippen molar-refractivity contribution in [1.82, 2.24) is 4.90 Å². The van der Waals surface area contributed by atoms with E-state index in [-0.39, 0.29) is 0 Å². The highest BCUT2D eigenvalue weighted by Gasteiger charge is 2.20. The number of rotatable bonds is 5. The van der Waals surface area contributed by atoms with Gasteiger partial charge in [-0.15, -0.1) is 0 Å². The molecule has 0 aromatic heterocycles. The number of hydrogen-bond acceptors (Lipinski definition) is 1. The van der Waals surface area contributed by atoms with Crippen molar-refractivity contribution < 1.29 is 0 Å². The first-order valence-electron chi connectivity index (χ1n) is 8.31. The molecule has 1 heteroatoms. The van der Waals surface area contributed by atoms with Gasteiger partial charge in [-0.1, -0.05) is 66.7 Å². The summed E-state index contributed by atoms with van der Waals surface area (Å²) < 4.78 is 0. The van der Waals surface area contributed by atoms with Crippen molar-refractivity contribution in [1.29, 1.82) is 0 Å². The first-order chi connectivity index (χ1) is 10.8. The molecule has 1 atom stereocenters. The van der Waals surface area contributed by atoms with Crippen LogP contribution in [-0.2, 0) is 6.42 Å². The van der Waals surface area contributed by atoms with Crippen LogP contribution in [0.4, 0.5) is 0 Å². The van der Waals surface area contributed by atoms with Gasteiger partial charge in [-0.25, -0.2) is 0 Å². The second kappa shape index (κ2) is 7.42. The molecule has 0 heterocycles. The minimum atomic E-state index is 0.695. The Morgan fingerprint density at radius 1 is 1.05 bits per heavy atom. The molecule has 0 spiro atoms. The molecule has 114 valence electrons. The maximum absolute atomic E-state index is 2.44. The summed E-state index contributed by atoms with van der Waals surface area (Å²) in [5.74, 6) is 0.695. The third-order valence-corrected chi connectivity index (χ3v) is 4.55. The number of likely N-dealkylation sites (N-methyl/N-ethyl adjacent to an activating group) is 1. The maximum atomic E-state index is 2.44. The Morgan fingerprint density at radius 3 is 2.68 bits per heavy atom. The Kier molecular flexibility index (Phi) is 5.07. The summed E-state index contributed by atoms with van der Waals surface area (Å²) in [5.41, 5.74) is 4.42. The summed E-state index contributed by atoms with van der Waals surface area (Å²) in [6.07, 6.45) is 8.39. The van der Waals surface area contributed by atoms with E-state index in [4.69, 9.17) is 0 Å². The second-order valence-electron chi connectivity index (χ2n) is 6.32. The van der Waals surface area contributed by atoms with E-state index in [1.807, 2.05) is 0 Å². The molecule has 2 aromatic rings. The molecule has 0 amide bonds. The Balaban J connectivity index is 1.56. The normalized spacial score (nSPS) is 17.8. The summed E-state index contributed by atoms with van der Waals surface area (Å²) in [4.78, 5) is 2.44. The Labute approximate surface area is 134 Å². The number of aryl methyl sites for hydroxylation is 1. The van der Waals surface area contributed by atoms with E-state index in [9.17, 15) is 0 Å². The van der Waals surface area contributed by atoms with Gasteiger partial charge in [-0.05, 0) is 48.9 Å². The summed E-state index contributed by atoms with van der Waals surface area (Å²) in [5, 5.41) is 0. The van der Waals surface area contributed by atoms with Gasteiger partial charge < -0.3 is 4.90 Å². The maximum Gasteiger partial charge on any atom is 0.0163 e. The molecular weight excluding hydrogens is 266 g/mol. The number of hydrogen-bond donors (Lipinski definition) is 0. The highest BCUT2D eigenvalue weighted by Crippen LogP contribution is 2.31. The Bertz CT molecular complexity index is 615. The molecule has 2 aromatic carbocycles. The van der Waals surface area contributed by atoms with Crippen molar-refractivity contribution in [3.8, 4) is 0 Å². The molecule has 0 radical (unpaired) electrons. The van der Waals surface area contributed by atoms with Gasteiger partial charge in [0.15, 0.2) is 0 Å². The fraction of sp³-hybridized carbons (Fsp3) is 0.333. The van der Waals surface area contributed by atoms with Gasteiger partial charge in [0.25, 0.3) is 0 Å². The van der Waals surface area contributed by atoms with E-state index in [1.165, 1.54) is 24.8 Å². The van der Waals surface area contributed by atoms with Crippen molar-refractivity contribution in [3.05, 3.63) is 77.4 Å². The molecule has 1 aliphatic rings. The minimum absolute atomic E-state index is 0.695. The SMILES string of the molecule is CN(C/C=C/c1ccccc1)CC1CCCc2ccccc21. The van der Waals surface area contributed by atoms with Crippen molar-refractivity contribution in [2.45, 2.75) is 25.2 Å². The highest BCUT2D eigenvalue weighted by atomic mass is 15.1. The van der Waals surface area contributed by atoms with Crippen LogP contribution in [-0.4, -0.2) is 25.0 Å². The van der Waals surface area contributed by atoms with E-state index >= 15 is 0 Å². The van der Waals surface area contributed by atoms with Crippen LogP contribution in [0, 0.1) is 0 Å². The molecule has 1 aliphatic carbocycles. The lowest BCUT2D eigenvalue weighted by Crippen LogP contribution is -2.27. The second-order valence-corrected chi connectivity index (χ2v) is 6.32. The zero-order valence-corrected chi connectivity index (χ0v) is 13.4. The van der Waals surface area contributed by atoms with E-state index in [0.717, 1.165) is 13.1 Å². The number of fused-ring (bicyclic) bond motifs is 1. The molecule has 0 bridgehead atoms. The highest BCUT2D eigenvalue weighted by molar-refractivity contribution is 5.48. The average Bonchev–Trinajstić information content (AvgIpc) is 2.56. The van der Waals surface area contributed by atoms with Crippen LogP contribution in [0.1, 0.15) is 35.4 Å². The molecule has 0 fully saturated rings. The summed E-state index contributed by atoms with van der Waals surface area (Å²) in [6, 6.07) is 19.5. The first kappa shape index (κ1) is 15.1. The standard InChI is InChI=1S/C21H25N/c1-22(16-8-11-18-9-3-2-4-10-18)17-20-14-7-13-19-12-5-6-15-21(19)20/h2-6,8-12,15,20H,7,13-14,16-17H2,1H3/b11-8+. The lowest BCUT2D eigenvalue weighted by molar-refractivity contribution is 0.325. The van der Waals surface area contributed by atoms with Gasteiger partial charge in [0.1, 0.15) is 0 Å².